The van der Waals surface area contributed by atoms with Crippen LogP contribution in [0.15, 0.2) is 29.6 Å². The van der Waals surface area contributed by atoms with Gasteiger partial charge >= 0.3 is 0 Å². The van der Waals surface area contributed by atoms with Crippen molar-refractivity contribution < 1.29 is 9.47 Å². The summed E-state index contributed by atoms with van der Waals surface area (Å²) in [4.78, 5) is 1.41. The zero-order valence-electron chi connectivity index (χ0n) is 13.1. The first-order chi connectivity index (χ1) is 10.1. The van der Waals surface area contributed by atoms with Gasteiger partial charge in [-0.3, -0.25) is 0 Å². The molecule has 1 atom stereocenters. The Hall–Kier alpha value is -1.52. The fourth-order valence-corrected chi connectivity index (χ4v) is 3.14. The molecule has 0 aliphatic rings. The van der Waals surface area contributed by atoms with Gasteiger partial charge in [-0.25, -0.2) is 0 Å². The van der Waals surface area contributed by atoms with Crippen LogP contribution < -0.4 is 14.8 Å². The van der Waals surface area contributed by atoms with Gasteiger partial charge in [-0.1, -0.05) is 6.07 Å². The van der Waals surface area contributed by atoms with Crippen molar-refractivity contribution >= 4 is 11.3 Å². The van der Waals surface area contributed by atoms with Gasteiger partial charge in [0.05, 0.1) is 14.2 Å². The minimum Gasteiger partial charge on any atom is -0.493 e. The normalized spacial score (nSPS) is 12.2. The van der Waals surface area contributed by atoms with Crippen LogP contribution in [-0.4, -0.2) is 20.3 Å². The van der Waals surface area contributed by atoms with Gasteiger partial charge in [0.15, 0.2) is 11.5 Å². The van der Waals surface area contributed by atoms with E-state index in [1.165, 1.54) is 16.0 Å². The van der Waals surface area contributed by atoms with Gasteiger partial charge in [0.1, 0.15) is 0 Å². The van der Waals surface area contributed by atoms with Crippen molar-refractivity contribution in [1.82, 2.24) is 5.32 Å². The van der Waals surface area contributed by atoms with E-state index in [4.69, 9.17) is 9.47 Å². The Morgan fingerprint density at radius 3 is 2.52 bits per heavy atom. The first kappa shape index (κ1) is 15.9. The molecule has 1 unspecified atom stereocenters. The smallest absolute Gasteiger partial charge is 0.160 e. The molecular formula is C17H23NO2S. The zero-order chi connectivity index (χ0) is 15.2. The van der Waals surface area contributed by atoms with E-state index in [2.05, 4.69) is 36.7 Å². The molecule has 2 aromatic rings. The van der Waals surface area contributed by atoms with Crippen LogP contribution >= 0.6 is 11.3 Å². The highest BCUT2D eigenvalue weighted by Gasteiger charge is 2.09. The number of benzene rings is 1. The minimum atomic E-state index is 0.407. The van der Waals surface area contributed by atoms with Crippen LogP contribution in [0.5, 0.6) is 11.5 Å². The molecule has 1 N–H and O–H groups in total. The molecule has 114 valence electrons. The van der Waals surface area contributed by atoms with E-state index < -0.39 is 0 Å². The molecular weight excluding hydrogens is 282 g/mol. The summed E-state index contributed by atoms with van der Waals surface area (Å²) in [6.07, 6.45) is 0.963. The maximum absolute atomic E-state index is 5.35. The van der Waals surface area contributed by atoms with Crippen molar-refractivity contribution in [1.29, 1.82) is 0 Å². The molecule has 1 aromatic heterocycles. The maximum Gasteiger partial charge on any atom is 0.160 e. The lowest BCUT2D eigenvalue weighted by Gasteiger charge is -2.15. The van der Waals surface area contributed by atoms with Crippen molar-refractivity contribution in [2.75, 3.05) is 14.2 Å². The number of nitrogens with one attached hydrogen (secondary N) is 1. The Labute approximate surface area is 130 Å². The molecule has 0 radical (unpaired) electrons. The molecule has 4 heteroatoms. The number of thiophene rings is 1. The topological polar surface area (TPSA) is 30.5 Å². The van der Waals surface area contributed by atoms with E-state index in [0.717, 1.165) is 24.5 Å². The number of hydrogen-bond donors (Lipinski definition) is 1. The van der Waals surface area contributed by atoms with Crippen molar-refractivity contribution in [3.63, 3.8) is 0 Å². The summed E-state index contributed by atoms with van der Waals surface area (Å²) in [6, 6.07) is 8.68. The zero-order valence-corrected chi connectivity index (χ0v) is 13.9. The maximum atomic E-state index is 5.35. The van der Waals surface area contributed by atoms with Gasteiger partial charge < -0.3 is 14.8 Å². The van der Waals surface area contributed by atoms with E-state index in [1.54, 1.807) is 14.2 Å². The highest BCUT2D eigenvalue weighted by Crippen LogP contribution is 2.28. The highest BCUT2D eigenvalue weighted by atomic mass is 32.1. The van der Waals surface area contributed by atoms with E-state index in [-0.39, 0.29) is 0 Å². The Morgan fingerprint density at radius 2 is 1.90 bits per heavy atom. The monoisotopic (exact) mass is 305 g/mol. The predicted octanol–water partition coefficient (Wildman–Crippen LogP) is 3.79. The van der Waals surface area contributed by atoms with Crippen molar-refractivity contribution in [2.24, 2.45) is 0 Å². The summed E-state index contributed by atoms with van der Waals surface area (Å²) in [5.74, 6) is 1.56. The molecule has 0 saturated heterocycles. The minimum absolute atomic E-state index is 0.407. The molecule has 0 saturated carbocycles. The number of rotatable bonds is 7. The second kappa shape index (κ2) is 7.48. The summed E-state index contributed by atoms with van der Waals surface area (Å²) in [6.45, 7) is 5.30. The molecule has 1 aromatic carbocycles. The molecule has 0 fully saturated rings. The quantitative estimate of drug-likeness (QED) is 0.844. The largest absolute Gasteiger partial charge is 0.493 e. The van der Waals surface area contributed by atoms with E-state index >= 15 is 0 Å². The third kappa shape index (κ3) is 4.22. The number of aryl methyl sites for hydroxylation is 1. The lowest BCUT2D eigenvalue weighted by Crippen LogP contribution is -2.27. The SMILES string of the molecule is COc1ccc(CC(C)NCc2sccc2C)cc1OC. The van der Waals surface area contributed by atoms with Gasteiger partial charge in [0.25, 0.3) is 0 Å². The Morgan fingerprint density at radius 1 is 1.14 bits per heavy atom. The van der Waals surface area contributed by atoms with Gasteiger partial charge in [-0.2, -0.15) is 0 Å². The van der Waals surface area contributed by atoms with Crippen LogP contribution in [0.4, 0.5) is 0 Å². The summed E-state index contributed by atoms with van der Waals surface area (Å²) >= 11 is 1.81. The molecule has 0 bridgehead atoms. The standard InChI is InChI=1S/C17H23NO2S/c1-12-7-8-21-17(12)11-18-13(2)9-14-5-6-15(19-3)16(10-14)20-4/h5-8,10,13,18H,9,11H2,1-4H3. The second-order valence-corrected chi connectivity index (χ2v) is 6.20. The lowest BCUT2D eigenvalue weighted by atomic mass is 10.1. The van der Waals surface area contributed by atoms with Crippen molar-refractivity contribution in [3.05, 3.63) is 45.6 Å². The van der Waals surface area contributed by atoms with Crippen LogP contribution in [0.3, 0.4) is 0 Å². The van der Waals surface area contributed by atoms with E-state index in [9.17, 15) is 0 Å². The molecule has 0 amide bonds. The third-order valence-electron chi connectivity index (χ3n) is 3.57. The summed E-state index contributed by atoms with van der Waals surface area (Å²) in [5, 5.41) is 5.72. The molecule has 3 nitrogen and oxygen atoms in total. The van der Waals surface area contributed by atoms with Gasteiger partial charge in [-0.05, 0) is 55.0 Å². The van der Waals surface area contributed by atoms with Crippen LogP contribution in [-0.2, 0) is 13.0 Å². The summed E-state index contributed by atoms with van der Waals surface area (Å²) in [7, 11) is 3.33. The highest BCUT2D eigenvalue weighted by molar-refractivity contribution is 7.10. The molecule has 1 heterocycles. The second-order valence-electron chi connectivity index (χ2n) is 5.20. The average molecular weight is 305 g/mol. The average Bonchev–Trinajstić information content (AvgIpc) is 2.90. The van der Waals surface area contributed by atoms with Gasteiger partial charge in [0.2, 0.25) is 0 Å². The van der Waals surface area contributed by atoms with Gasteiger partial charge in [-0.15, -0.1) is 11.3 Å². The molecule has 21 heavy (non-hydrogen) atoms. The predicted molar refractivity (Wildman–Crippen MR) is 88.6 cm³/mol. The molecule has 0 aliphatic carbocycles. The van der Waals surface area contributed by atoms with Crippen LogP contribution in [0.25, 0.3) is 0 Å². The fraction of sp³-hybridized carbons (Fsp3) is 0.412. The number of hydrogen-bond acceptors (Lipinski definition) is 4. The van der Waals surface area contributed by atoms with E-state index in [0.29, 0.717) is 6.04 Å². The van der Waals surface area contributed by atoms with Crippen molar-refractivity contribution in [3.8, 4) is 11.5 Å². The van der Waals surface area contributed by atoms with Crippen LogP contribution in [0.2, 0.25) is 0 Å². The van der Waals surface area contributed by atoms with E-state index in [1.807, 2.05) is 23.5 Å². The first-order valence-electron chi connectivity index (χ1n) is 7.11. The lowest BCUT2D eigenvalue weighted by molar-refractivity contribution is 0.354. The fourth-order valence-electron chi connectivity index (χ4n) is 2.29. The number of methoxy groups -OCH3 is 2. The Balaban J connectivity index is 1.93. The number of ether oxygens (including phenoxy) is 2. The molecule has 0 spiro atoms. The first-order valence-corrected chi connectivity index (χ1v) is 7.99. The Kier molecular flexibility index (Phi) is 5.65. The molecule has 2 rings (SSSR count). The van der Waals surface area contributed by atoms with Gasteiger partial charge in [0, 0.05) is 17.5 Å². The Bertz CT molecular complexity index is 580. The van der Waals surface area contributed by atoms with Crippen LogP contribution in [0, 0.1) is 6.92 Å². The van der Waals surface area contributed by atoms with Crippen LogP contribution in [0.1, 0.15) is 22.9 Å². The summed E-state index contributed by atoms with van der Waals surface area (Å²) in [5.41, 5.74) is 2.61. The van der Waals surface area contributed by atoms with Crippen molar-refractivity contribution in [2.45, 2.75) is 32.9 Å². The molecule has 0 aliphatic heterocycles. The third-order valence-corrected chi connectivity index (χ3v) is 4.59. The summed E-state index contributed by atoms with van der Waals surface area (Å²) < 4.78 is 10.6.